The van der Waals surface area contributed by atoms with Crippen molar-refractivity contribution < 1.29 is 14.7 Å². The molecule has 0 spiro atoms. The zero-order chi connectivity index (χ0) is 18.2. The standard InChI is InChI=1S/C22H32O3/c1-13(23)16-5-6-17-15-12-22(4,25)19-11-14(24)7-9-21(19,3)18(15)8-10-20(16,17)2/h11,15-18,25H,5-10,12H2,1-4H3/t15-,16+,17-,18-,20+,21+,22?/m0/s1. The molecular formula is C22H32O3. The Morgan fingerprint density at radius 1 is 1.12 bits per heavy atom. The molecule has 4 rings (SSSR count). The van der Waals surface area contributed by atoms with Crippen LogP contribution in [-0.2, 0) is 9.59 Å². The van der Waals surface area contributed by atoms with E-state index in [-0.39, 0.29) is 22.5 Å². The van der Waals surface area contributed by atoms with Gasteiger partial charge in [0, 0.05) is 12.3 Å². The van der Waals surface area contributed by atoms with E-state index in [1.54, 1.807) is 13.0 Å². The fourth-order valence-electron chi connectivity index (χ4n) is 7.67. The van der Waals surface area contributed by atoms with Gasteiger partial charge in [-0.25, -0.2) is 0 Å². The molecule has 25 heavy (non-hydrogen) atoms. The Morgan fingerprint density at radius 3 is 2.52 bits per heavy atom. The second-order valence-electron chi connectivity index (χ2n) is 10.1. The first kappa shape index (κ1) is 17.5. The Bertz CT molecular complexity index is 660. The van der Waals surface area contributed by atoms with Gasteiger partial charge in [0.1, 0.15) is 5.78 Å². The Balaban J connectivity index is 1.75. The largest absolute Gasteiger partial charge is 0.386 e. The molecule has 0 aromatic heterocycles. The quantitative estimate of drug-likeness (QED) is 0.779. The summed E-state index contributed by atoms with van der Waals surface area (Å²) < 4.78 is 0. The van der Waals surface area contributed by atoms with E-state index >= 15 is 0 Å². The van der Waals surface area contributed by atoms with E-state index in [1.165, 1.54) is 0 Å². The lowest BCUT2D eigenvalue weighted by Crippen LogP contribution is -2.57. The molecule has 0 aliphatic heterocycles. The van der Waals surface area contributed by atoms with E-state index in [9.17, 15) is 14.7 Å². The SMILES string of the molecule is CC(=O)[C@H]1CC[C@H]2[C@@H]3CC(C)(O)C4=CC(=O)CC[C@]4(C)[C@H]3CC[C@]12C. The van der Waals surface area contributed by atoms with Crippen molar-refractivity contribution in [3.63, 3.8) is 0 Å². The number of hydrogen-bond donors (Lipinski definition) is 1. The fraction of sp³-hybridized carbons (Fsp3) is 0.818. The third kappa shape index (κ3) is 2.27. The van der Waals surface area contributed by atoms with Crippen LogP contribution in [0.3, 0.4) is 0 Å². The molecule has 7 atom stereocenters. The van der Waals surface area contributed by atoms with Crippen molar-refractivity contribution in [2.45, 2.75) is 78.2 Å². The molecule has 0 bridgehead atoms. The molecule has 3 saturated carbocycles. The molecule has 3 nitrogen and oxygen atoms in total. The summed E-state index contributed by atoms with van der Waals surface area (Å²) in [5.41, 5.74) is 0.141. The Kier molecular flexibility index (Phi) is 3.69. The number of aliphatic hydroxyl groups is 1. The predicted molar refractivity (Wildman–Crippen MR) is 96.9 cm³/mol. The van der Waals surface area contributed by atoms with Crippen molar-refractivity contribution in [3.05, 3.63) is 11.6 Å². The van der Waals surface area contributed by atoms with Gasteiger partial charge in [0.15, 0.2) is 5.78 Å². The average Bonchev–Trinajstić information content (AvgIpc) is 2.86. The van der Waals surface area contributed by atoms with Gasteiger partial charge in [0.05, 0.1) is 5.60 Å². The second kappa shape index (κ2) is 5.28. The van der Waals surface area contributed by atoms with Gasteiger partial charge in [-0.05, 0) is 92.6 Å². The number of rotatable bonds is 1. The zero-order valence-electron chi connectivity index (χ0n) is 16.1. The van der Waals surface area contributed by atoms with Crippen LogP contribution in [0.1, 0.15) is 72.6 Å². The predicted octanol–water partition coefficient (Wildman–Crippen LogP) is 4.08. The van der Waals surface area contributed by atoms with E-state index < -0.39 is 5.60 Å². The molecule has 0 saturated heterocycles. The van der Waals surface area contributed by atoms with E-state index in [2.05, 4.69) is 13.8 Å². The van der Waals surface area contributed by atoms with Crippen molar-refractivity contribution in [1.29, 1.82) is 0 Å². The van der Waals surface area contributed by atoms with E-state index in [4.69, 9.17) is 0 Å². The number of fused-ring (bicyclic) bond motifs is 5. The fourth-order valence-corrected chi connectivity index (χ4v) is 7.67. The molecule has 1 N–H and O–H groups in total. The third-order valence-corrected chi connectivity index (χ3v) is 8.77. The maximum Gasteiger partial charge on any atom is 0.155 e. The Hall–Kier alpha value is -0.960. The van der Waals surface area contributed by atoms with E-state index in [0.29, 0.717) is 30.0 Å². The van der Waals surface area contributed by atoms with E-state index in [1.807, 2.05) is 6.92 Å². The molecule has 0 radical (unpaired) electrons. The summed E-state index contributed by atoms with van der Waals surface area (Å²) in [5.74, 6) is 2.25. The molecule has 4 aliphatic carbocycles. The first-order valence-corrected chi connectivity index (χ1v) is 10.1. The van der Waals surface area contributed by atoms with Crippen LogP contribution in [0.15, 0.2) is 11.6 Å². The van der Waals surface area contributed by atoms with Crippen LogP contribution in [-0.4, -0.2) is 22.3 Å². The van der Waals surface area contributed by atoms with Gasteiger partial charge >= 0.3 is 0 Å². The van der Waals surface area contributed by atoms with Crippen LogP contribution in [0.5, 0.6) is 0 Å². The summed E-state index contributed by atoms with van der Waals surface area (Å²) in [6.45, 7) is 8.29. The molecular weight excluding hydrogens is 312 g/mol. The van der Waals surface area contributed by atoms with Crippen LogP contribution in [0, 0.1) is 34.5 Å². The second-order valence-corrected chi connectivity index (χ2v) is 10.1. The minimum Gasteiger partial charge on any atom is -0.386 e. The summed E-state index contributed by atoms with van der Waals surface area (Å²) in [6.07, 6.45) is 8.36. The van der Waals surface area contributed by atoms with Gasteiger partial charge in [0.25, 0.3) is 0 Å². The highest BCUT2D eigenvalue weighted by atomic mass is 16.3. The van der Waals surface area contributed by atoms with Crippen LogP contribution in [0.2, 0.25) is 0 Å². The lowest BCUT2D eigenvalue weighted by atomic mass is 9.44. The summed E-state index contributed by atoms with van der Waals surface area (Å²) in [4.78, 5) is 24.3. The first-order valence-electron chi connectivity index (χ1n) is 10.1. The zero-order valence-corrected chi connectivity index (χ0v) is 16.1. The number of hydrogen-bond acceptors (Lipinski definition) is 3. The van der Waals surface area contributed by atoms with Crippen molar-refractivity contribution in [3.8, 4) is 0 Å². The average molecular weight is 344 g/mol. The monoisotopic (exact) mass is 344 g/mol. The third-order valence-electron chi connectivity index (χ3n) is 8.77. The van der Waals surface area contributed by atoms with Gasteiger partial charge in [-0.15, -0.1) is 0 Å². The van der Waals surface area contributed by atoms with Crippen molar-refractivity contribution in [2.75, 3.05) is 0 Å². The molecule has 0 amide bonds. The lowest BCUT2D eigenvalue weighted by Gasteiger charge is -2.61. The smallest absolute Gasteiger partial charge is 0.155 e. The molecule has 0 aromatic carbocycles. The van der Waals surface area contributed by atoms with Gasteiger partial charge in [0.2, 0.25) is 0 Å². The van der Waals surface area contributed by atoms with Crippen LogP contribution < -0.4 is 0 Å². The molecule has 138 valence electrons. The van der Waals surface area contributed by atoms with Gasteiger partial charge in [-0.3, -0.25) is 9.59 Å². The Morgan fingerprint density at radius 2 is 1.84 bits per heavy atom. The van der Waals surface area contributed by atoms with Crippen molar-refractivity contribution in [1.82, 2.24) is 0 Å². The molecule has 1 unspecified atom stereocenters. The Labute approximate surface area is 151 Å². The highest BCUT2D eigenvalue weighted by molar-refractivity contribution is 5.92. The van der Waals surface area contributed by atoms with Crippen molar-refractivity contribution >= 4 is 11.6 Å². The van der Waals surface area contributed by atoms with Gasteiger partial charge in [-0.2, -0.15) is 0 Å². The van der Waals surface area contributed by atoms with Gasteiger partial charge in [-0.1, -0.05) is 13.8 Å². The first-order chi connectivity index (χ1) is 11.6. The molecule has 0 heterocycles. The van der Waals surface area contributed by atoms with Crippen LogP contribution in [0.25, 0.3) is 0 Å². The molecule has 3 fully saturated rings. The maximum atomic E-state index is 12.2. The summed E-state index contributed by atoms with van der Waals surface area (Å²) in [6, 6.07) is 0. The van der Waals surface area contributed by atoms with Crippen molar-refractivity contribution in [2.24, 2.45) is 34.5 Å². The highest BCUT2D eigenvalue weighted by Crippen LogP contribution is 2.68. The molecule has 4 aliphatic rings. The maximum absolute atomic E-state index is 12.2. The van der Waals surface area contributed by atoms with Crippen LogP contribution in [0.4, 0.5) is 0 Å². The van der Waals surface area contributed by atoms with Gasteiger partial charge < -0.3 is 5.11 Å². The minimum absolute atomic E-state index is 0.0596. The highest BCUT2D eigenvalue weighted by Gasteiger charge is 2.63. The van der Waals surface area contributed by atoms with Crippen LogP contribution >= 0.6 is 0 Å². The number of Topliss-reactive ketones (excluding diaryl/α,β-unsaturated/α-hetero) is 1. The minimum atomic E-state index is -0.890. The number of carbonyl (C=O) groups is 2. The lowest BCUT2D eigenvalue weighted by molar-refractivity contribution is -0.134. The molecule has 0 aromatic rings. The number of ketones is 2. The molecule has 3 heteroatoms. The topological polar surface area (TPSA) is 54.4 Å². The normalized spacial score (nSPS) is 52.0. The van der Waals surface area contributed by atoms with E-state index in [0.717, 1.165) is 44.1 Å². The summed E-state index contributed by atoms with van der Waals surface area (Å²) >= 11 is 0. The summed E-state index contributed by atoms with van der Waals surface area (Å²) in [7, 11) is 0. The summed E-state index contributed by atoms with van der Waals surface area (Å²) in [5, 5.41) is 11.3. The number of carbonyl (C=O) groups excluding carboxylic acids is 2.